The average Bonchev–Trinajstić information content (AvgIpc) is 3.03. The van der Waals surface area contributed by atoms with Crippen LogP contribution in [0.4, 0.5) is 0 Å². The standard InChI is InChI=1S/C15H22N4O.CH2O2/c1-9(2)12-6-5-10(3)7-14-16-17-15(19(12)14)13-8-11(4)18-20-13;2-1-3/h8-10,12H,5-7H2,1-4H3;1H,(H,2,3)/t10-,12+;/m1./s1. The number of aryl methyl sites for hydroxylation is 1. The number of carboxylic acid groups (broad SMARTS) is 1. The Kier molecular flexibility index (Phi) is 5.52. The van der Waals surface area contributed by atoms with Crippen molar-refractivity contribution >= 4 is 6.47 Å². The fourth-order valence-corrected chi connectivity index (χ4v) is 3.08. The number of hydrogen-bond donors (Lipinski definition) is 1. The quantitative estimate of drug-likeness (QED) is 0.854. The molecule has 1 N–H and O–H groups in total. The van der Waals surface area contributed by atoms with E-state index in [0.717, 1.165) is 29.5 Å². The summed E-state index contributed by atoms with van der Waals surface area (Å²) in [4.78, 5) is 8.36. The van der Waals surface area contributed by atoms with Crippen LogP contribution >= 0.6 is 0 Å². The van der Waals surface area contributed by atoms with E-state index in [-0.39, 0.29) is 6.47 Å². The summed E-state index contributed by atoms with van der Waals surface area (Å²) in [6.45, 7) is 8.49. The Balaban J connectivity index is 0.000000595. The van der Waals surface area contributed by atoms with Crippen LogP contribution in [-0.4, -0.2) is 31.5 Å². The lowest BCUT2D eigenvalue weighted by atomic mass is 9.95. The summed E-state index contributed by atoms with van der Waals surface area (Å²) in [5, 5.41) is 19.6. The third kappa shape index (κ3) is 3.78. The second-order valence-electron chi connectivity index (χ2n) is 6.45. The minimum absolute atomic E-state index is 0.250. The van der Waals surface area contributed by atoms with Gasteiger partial charge in [0.05, 0.1) is 5.69 Å². The molecule has 1 aliphatic rings. The van der Waals surface area contributed by atoms with E-state index in [0.29, 0.717) is 17.9 Å². The Morgan fingerprint density at radius 3 is 2.65 bits per heavy atom. The van der Waals surface area contributed by atoms with Crippen LogP contribution in [0.15, 0.2) is 10.6 Å². The number of hydrogen-bond acceptors (Lipinski definition) is 5. The van der Waals surface area contributed by atoms with Crippen molar-refractivity contribution in [2.75, 3.05) is 0 Å². The molecule has 126 valence electrons. The fraction of sp³-hybridized carbons (Fsp3) is 0.625. The second kappa shape index (κ2) is 7.39. The molecular weight excluding hydrogens is 296 g/mol. The fourth-order valence-electron chi connectivity index (χ4n) is 3.08. The van der Waals surface area contributed by atoms with Gasteiger partial charge in [0, 0.05) is 18.5 Å². The van der Waals surface area contributed by atoms with E-state index in [1.165, 1.54) is 12.8 Å². The van der Waals surface area contributed by atoms with E-state index >= 15 is 0 Å². The molecule has 3 heterocycles. The van der Waals surface area contributed by atoms with Crippen molar-refractivity contribution in [1.29, 1.82) is 0 Å². The Labute approximate surface area is 135 Å². The molecule has 0 fully saturated rings. The lowest BCUT2D eigenvalue weighted by Crippen LogP contribution is -2.17. The van der Waals surface area contributed by atoms with Crippen molar-refractivity contribution in [3.8, 4) is 11.6 Å². The van der Waals surface area contributed by atoms with Crippen molar-refractivity contribution in [3.05, 3.63) is 17.6 Å². The summed E-state index contributed by atoms with van der Waals surface area (Å²) < 4.78 is 7.68. The van der Waals surface area contributed by atoms with Crippen LogP contribution < -0.4 is 0 Å². The zero-order valence-electron chi connectivity index (χ0n) is 14.1. The third-order valence-corrected chi connectivity index (χ3v) is 4.20. The topological polar surface area (TPSA) is 94.0 Å². The molecule has 7 heteroatoms. The zero-order chi connectivity index (χ0) is 17.0. The molecule has 0 spiro atoms. The number of rotatable bonds is 2. The van der Waals surface area contributed by atoms with Crippen LogP contribution in [0.1, 0.15) is 51.2 Å². The van der Waals surface area contributed by atoms with E-state index < -0.39 is 0 Å². The maximum atomic E-state index is 8.36. The molecule has 0 radical (unpaired) electrons. The molecule has 2 aromatic rings. The molecule has 0 aliphatic carbocycles. The minimum Gasteiger partial charge on any atom is -0.483 e. The monoisotopic (exact) mass is 320 g/mol. The molecule has 1 aliphatic heterocycles. The van der Waals surface area contributed by atoms with Crippen molar-refractivity contribution in [1.82, 2.24) is 19.9 Å². The van der Waals surface area contributed by atoms with Gasteiger partial charge in [-0.05, 0) is 31.6 Å². The highest BCUT2D eigenvalue weighted by Gasteiger charge is 2.29. The third-order valence-electron chi connectivity index (χ3n) is 4.20. The second-order valence-corrected chi connectivity index (χ2v) is 6.45. The predicted molar refractivity (Wildman–Crippen MR) is 84.9 cm³/mol. The molecule has 7 nitrogen and oxygen atoms in total. The Bertz CT molecular complexity index is 648. The van der Waals surface area contributed by atoms with Gasteiger partial charge in [-0.25, -0.2) is 0 Å². The van der Waals surface area contributed by atoms with Crippen LogP contribution in [0.25, 0.3) is 11.6 Å². The molecule has 0 unspecified atom stereocenters. The molecule has 3 rings (SSSR count). The summed E-state index contributed by atoms with van der Waals surface area (Å²) in [7, 11) is 0. The van der Waals surface area contributed by atoms with Gasteiger partial charge < -0.3 is 14.2 Å². The normalized spacial score (nSPS) is 20.4. The molecule has 0 aromatic carbocycles. The van der Waals surface area contributed by atoms with Crippen LogP contribution in [0, 0.1) is 18.8 Å². The van der Waals surface area contributed by atoms with Gasteiger partial charge in [0.1, 0.15) is 5.82 Å². The molecule has 0 saturated carbocycles. The van der Waals surface area contributed by atoms with E-state index in [4.69, 9.17) is 14.4 Å². The summed E-state index contributed by atoms with van der Waals surface area (Å²) in [6.07, 6.45) is 3.40. The molecule has 0 saturated heterocycles. The van der Waals surface area contributed by atoms with E-state index in [1.807, 2.05) is 13.0 Å². The number of carbonyl (C=O) groups is 1. The number of nitrogens with zero attached hydrogens (tertiary/aromatic N) is 4. The number of fused-ring (bicyclic) bond motifs is 1. The Hall–Kier alpha value is -2.18. The van der Waals surface area contributed by atoms with Crippen molar-refractivity contribution in [2.45, 2.75) is 53.0 Å². The van der Waals surface area contributed by atoms with Gasteiger partial charge in [-0.15, -0.1) is 10.2 Å². The first-order chi connectivity index (χ1) is 11.0. The average molecular weight is 320 g/mol. The first kappa shape index (κ1) is 17.2. The van der Waals surface area contributed by atoms with Gasteiger partial charge >= 0.3 is 0 Å². The molecule has 0 bridgehead atoms. The summed E-state index contributed by atoms with van der Waals surface area (Å²) in [5.74, 6) is 3.84. The lowest BCUT2D eigenvalue weighted by molar-refractivity contribution is -0.122. The molecule has 0 amide bonds. The minimum atomic E-state index is -0.250. The highest BCUT2D eigenvalue weighted by atomic mass is 16.5. The van der Waals surface area contributed by atoms with E-state index in [9.17, 15) is 0 Å². The van der Waals surface area contributed by atoms with Crippen LogP contribution in [-0.2, 0) is 11.2 Å². The zero-order valence-corrected chi connectivity index (χ0v) is 14.1. The smallest absolute Gasteiger partial charge is 0.290 e. The van der Waals surface area contributed by atoms with E-state index in [1.54, 1.807) is 0 Å². The molecule has 23 heavy (non-hydrogen) atoms. The van der Waals surface area contributed by atoms with Crippen LogP contribution in [0.5, 0.6) is 0 Å². The van der Waals surface area contributed by atoms with Gasteiger partial charge in [0.15, 0.2) is 0 Å². The molecule has 2 aromatic heterocycles. The van der Waals surface area contributed by atoms with Gasteiger partial charge in [-0.1, -0.05) is 25.9 Å². The lowest BCUT2D eigenvalue weighted by Gasteiger charge is -2.23. The van der Waals surface area contributed by atoms with Crippen molar-refractivity contribution in [2.24, 2.45) is 11.8 Å². The highest BCUT2D eigenvalue weighted by molar-refractivity contribution is 5.47. The SMILES string of the molecule is Cc1cc(-c2nnc3n2[C@H](C(C)C)CC[C@@H](C)C3)on1.O=CO. The molecule has 2 atom stereocenters. The summed E-state index contributed by atoms with van der Waals surface area (Å²) in [6, 6.07) is 2.37. The van der Waals surface area contributed by atoms with Crippen molar-refractivity contribution in [3.63, 3.8) is 0 Å². The summed E-state index contributed by atoms with van der Waals surface area (Å²) >= 11 is 0. The van der Waals surface area contributed by atoms with Gasteiger partial charge in [-0.2, -0.15) is 0 Å². The van der Waals surface area contributed by atoms with Gasteiger partial charge in [-0.3, -0.25) is 4.79 Å². The van der Waals surface area contributed by atoms with E-state index in [2.05, 4.69) is 40.7 Å². The largest absolute Gasteiger partial charge is 0.483 e. The van der Waals surface area contributed by atoms with Crippen LogP contribution in [0.2, 0.25) is 0 Å². The highest BCUT2D eigenvalue weighted by Crippen LogP contribution is 2.35. The summed E-state index contributed by atoms with van der Waals surface area (Å²) in [5.41, 5.74) is 0.875. The maximum Gasteiger partial charge on any atom is 0.290 e. The maximum absolute atomic E-state index is 8.36. The Morgan fingerprint density at radius 2 is 2.09 bits per heavy atom. The van der Waals surface area contributed by atoms with Crippen molar-refractivity contribution < 1.29 is 14.4 Å². The predicted octanol–water partition coefficient (Wildman–Crippen LogP) is 3.11. The molecular formula is C16H24N4O3. The van der Waals surface area contributed by atoms with Crippen LogP contribution in [0.3, 0.4) is 0 Å². The van der Waals surface area contributed by atoms with Gasteiger partial charge in [0.25, 0.3) is 6.47 Å². The van der Waals surface area contributed by atoms with Gasteiger partial charge in [0.2, 0.25) is 11.6 Å². The first-order valence-electron chi connectivity index (χ1n) is 7.93. The first-order valence-corrected chi connectivity index (χ1v) is 7.93. The Morgan fingerprint density at radius 1 is 1.39 bits per heavy atom. The number of aromatic nitrogens is 4.